The highest BCUT2D eigenvalue weighted by atomic mass is 35.5. The van der Waals surface area contributed by atoms with Crippen LogP contribution < -0.4 is 10.6 Å². The predicted molar refractivity (Wildman–Crippen MR) is 187 cm³/mol. The molecule has 0 fully saturated rings. The van der Waals surface area contributed by atoms with Gasteiger partial charge in [0.05, 0.1) is 34.4 Å². The van der Waals surface area contributed by atoms with Gasteiger partial charge >= 0.3 is 0 Å². The Morgan fingerprint density at radius 2 is 1.87 bits per heavy atom. The third kappa shape index (κ3) is 9.79. The molecule has 0 radical (unpaired) electrons. The normalized spacial score (nSPS) is 11.6. The lowest BCUT2D eigenvalue weighted by Gasteiger charge is -2.32. The average molecular weight is 662 g/mol. The van der Waals surface area contributed by atoms with E-state index in [0.29, 0.717) is 46.3 Å². The minimum atomic E-state index is -0.191. The molecule has 2 N–H and O–H groups in total. The van der Waals surface area contributed by atoms with Crippen molar-refractivity contribution < 1.29 is 4.79 Å². The number of imidazole rings is 1. The molecule has 234 valence electrons. The van der Waals surface area contributed by atoms with Gasteiger partial charge in [0.25, 0.3) is 0 Å². The number of nitriles is 1. The van der Waals surface area contributed by atoms with Crippen molar-refractivity contribution in [2.45, 2.75) is 59.7 Å². The van der Waals surface area contributed by atoms with E-state index in [2.05, 4.69) is 48.5 Å². The maximum Gasteiger partial charge on any atom is 0.226 e. The van der Waals surface area contributed by atoms with Crippen molar-refractivity contribution >= 4 is 52.1 Å². The second-order valence-corrected chi connectivity index (χ2v) is 12.9. The number of rotatable bonds is 12. The van der Waals surface area contributed by atoms with Gasteiger partial charge in [-0.3, -0.25) is 4.79 Å². The Balaban J connectivity index is 1.52. The first kappa shape index (κ1) is 34.0. The van der Waals surface area contributed by atoms with Crippen LogP contribution in [-0.4, -0.2) is 38.1 Å². The fourth-order valence-corrected chi connectivity index (χ4v) is 5.85. The number of amides is 1. The Bertz CT molecular complexity index is 1680. The summed E-state index contributed by atoms with van der Waals surface area (Å²) in [5.41, 5.74) is 6.45. The van der Waals surface area contributed by atoms with E-state index in [1.807, 2.05) is 52.8 Å². The van der Waals surface area contributed by atoms with Crippen molar-refractivity contribution in [3.8, 4) is 6.07 Å². The summed E-state index contributed by atoms with van der Waals surface area (Å²) in [5.74, 6) is 0.228. The molecule has 0 aliphatic heterocycles. The quantitative estimate of drug-likeness (QED) is 0.152. The second-order valence-electron chi connectivity index (χ2n) is 11.7. The number of hydrogen-bond donors (Lipinski definition) is 2. The van der Waals surface area contributed by atoms with Crippen molar-refractivity contribution in [2.24, 2.45) is 5.92 Å². The molecule has 45 heavy (non-hydrogen) atoms. The Labute approximate surface area is 281 Å². The molecular formula is C35H38Cl2N6OS. The van der Waals surface area contributed by atoms with Gasteiger partial charge in [-0.2, -0.15) is 5.26 Å². The molecule has 4 aromatic rings. The largest absolute Gasteiger partial charge is 0.351 e. The highest BCUT2D eigenvalue weighted by molar-refractivity contribution is 7.80. The summed E-state index contributed by atoms with van der Waals surface area (Å²) in [4.78, 5) is 19.8. The Kier molecular flexibility index (Phi) is 12.0. The number of carbonyl (C=O) groups excluding carboxylic acids is 1. The van der Waals surface area contributed by atoms with E-state index in [9.17, 15) is 4.79 Å². The topological polar surface area (TPSA) is 86.0 Å². The maximum absolute atomic E-state index is 13.5. The van der Waals surface area contributed by atoms with E-state index in [0.717, 1.165) is 34.5 Å². The average Bonchev–Trinajstić information content (AvgIpc) is 3.42. The summed E-state index contributed by atoms with van der Waals surface area (Å²) in [7, 11) is 0. The molecule has 4 rings (SSSR count). The Morgan fingerprint density at radius 3 is 2.56 bits per heavy atom. The van der Waals surface area contributed by atoms with E-state index in [4.69, 9.17) is 40.7 Å². The predicted octanol–water partition coefficient (Wildman–Crippen LogP) is 7.70. The van der Waals surface area contributed by atoms with E-state index >= 15 is 0 Å². The van der Waals surface area contributed by atoms with Gasteiger partial charge in [-0.05, 0) is 79.4 Å². The number of nitrogens with zero attached hydrogens (tertiary/aromatic N) is 4. The van der Waals surface area contributed by atoms with Crippen LogP contribution in [0.3, 0.4) is 0 Å². The van der Waals surface area contributed by atoms with Gasteiger partial charge in [0, 0.05) is 43.3 Å². The van der Waals surface area contributed by atoms with Crippen molar-refractivity contribution in [2.75, 3.05) is 11.9 Å². The monoisotopic (exact) mass is 660 g/mol. The molecule has 0 aliphatic carbocycles. The Morgan fingerprint density at radius 1 is 1.11 bits per heavy atom. The number of aromatic nitrogens is 2. The van der Waals surface area contributed by atoms with Gasteiger partial charge in [0.15, 0.2) is 5.11 Å². The fourth-order valence-electron chi connectivity index (χ4n) is 5.22. The number of hydrogen-bond acceptors (Lipinski definition) is 4. The summed E-state index contributed by atoms with van der Waals surface area (Å²) in [5, 5.41) is 17.3. The van der Waals surface area contributed by atoms with Crippen LogP contribution in [-0.2, 0) is 24.3 Å². The Hall–Kier alpha value is -3.90. The highest BCUT2D eigenvalue weighted by Crippen LogP contribution is 2.27. The second kappa shape index (κ2) is 15.9. The highest BCUT2D eigenvalue weighted by Gasteiger charge is 2.22. The van der Waals surface area contributed by atoms with Gasteiger partial charge in [0.1, 0.15) is 0 Å². The fraction of sp³-hybridized carbons (Fsp3) is 0.314. The van der Waals surface area contributed by atoms with Crippen molar-refractivity contribution in [3.05, 3.63) is 117 Å². The number of benzene rings is 3. The zero-order chi connectivity index (χ0) is 32.5. The first-order chi connectivity index (χ1) is 21.5. The molecule has 0 unspecified atom stereocenters. The lowest BCUT2D eigenvalue weighted by molar-refractivity contribution is -0.121. The van der Waals surface area contributed by atoms with Crippen LogP contribution in [0.4, 0.5) is 5.69 Å². The van der Waals surface area contributed by atoms with Crippen molar-refractivity contribution in [3.63, 3.8) is 0 Å². The van der Waals surface area contributed by atoms with Crippen LogP contribution in [0.2, 0.25) is 10.0 Å². The lowest BCUT2D eigenvalue weighted by atomic mass is 10.0. The molecule has 1 heterocycles. The summed E-state index contributed by atoms with van der Waals surface area (Å²) in [6.45, 7) is 9.81. The molecular weight excluding hydrogens is 623 g/mol. The number of thiocarbonyl (C=S) groups is 1. The molecule has 1 atom stereocenters. The van der Waals surface area contributed by atoms with Gasteiger partial charge < -0.3 is 20.1 Å². The lowest BCUT2D eigenvalue weighted by Crippen LogP contribution is -2.47. The summed E-state index contributed by atoms with van der Waals surface area (Å²) < 4.78 is 1.95. The van der Waals surface area contributed by atoms with Gasteiger partial charge in [-0.25, -0.2) is 4.98 Å². The number of anilines is 1. The molecule has 10 heteroatoms. The number of aryl methyl sites for hydroxylation is 2. The zero-order valence-corrected chi connectivity index (χ0v) is 28.3. The molecule has 0 saturated carbocycles. The summed E-state index contributed by atoms with van der Waals surface area (Å²) in [6.07, 6.45) is 4.37. The van der Waals surface area contributed by atoms with Gasteiger partial charge in [-0.15, -0.1) is 0 Å². The molecule has 1 amide bonds. The van der Waals surface area contributed by atoms with Crippen LogP contribution in [0, 0.1) is 31.1 Å². The van der Waals surface area contributed by atoms with E-state index in [1.165, 1.54) is 5.56 Å². The van der Waals surface area contributed by atoms with Gasteiger partial charge in [-0.1, -0.05) is 79.0 Å². The van der Waals surface area contributed by atoms with Crippen LogP contribution >= 0.6 is 35.4 Å². The summed E-state index contributed by atoms with van der Waals surface area (Å²) >= 11 is 18.9. The standard InChI is InChI=1S/C35H38Cl2N6OS/c1-23(2)14-29(40-33(44)16-30-18-39-22-43(30)19-27-11-9-26(17-38)10-12-27)21-42(20-28-6-5-7-31(36)34(28)37)35(45)41-32-13-8-24(3)15-25(32)4/h5-13,15,18,22-23,29H,14,16,19-21H2,1-4H3,(H,40,44)(H,41,45)/t29-/m0/s1. The van der Waals surface area contributed by atoms with E-state index in [-0.39, 0.29) is 18.4 Å². The number of carbonyl (C=O) groups is 1. The minimum Gasteiger partial charge on any atom is -0.351 e. The molecule has 1 aromatic heterocycles. The molecule has 7 nitrogen and oxygen atoms in total. The first-order valence-electron chi connectivity index (χ1n) is 14.9. The van der Waals surface area contributed by atoms with Gasteiger partial charge in [0.2, 0.25) is 5.91 Å². The third-order valence-electron chi connectivity index (χ3n) is 7.44. The van der Waals surface area contributed by atoms with Crippen molar-refractivity contribution in [1.82, 2.24) is 19.8 Å². The number of nitrogens with one attached hydrogen (secondary N) is 2. The molecule has 0 saturated heterocycles. The zero-order valence-electron chi connectivity index (χ0n) is 26.0. The van der Waals surface area contributed by atoms with Crippen LogP contribution in [0.5, 0.6) is 0 Å². The first-order valence-corrected chi connectivity index (χ1v) is 16.0. The summed E-state index contributed by atoms with van der Waals surface area (Å²) in [6, 6.07) is 21.1. The van der Waals surface area contributed by atoms with E-state index < -0.39 is 0 Å². The maximum atomic E-state index is 13.5. The van der Waals surface area contributed by atoms with E-state index in [1.54, 1.807) is 30.7 Å². The molecule has 0 spiro atoms. The molecule has 0 aliphatic rings. The molecule has 3 aromatic carbocycles. The van der Waals surface area contributed by atoms with Crippen molar-refractivity contribution in [1.29, 1.82) is 5.26 Å². The third-order valence-corrected chi connectivity index (χ3v) is 8.66. The SMILES string of the molecule is Cc1ccc(NC(=S)N(Cc2cccc(Cl)c2Cl)C[C@H](CC(C)C)NC(=O)Cc2cncn2Cc2ccc(C#N)cc2)c(C)c1. The number of halogens is 2. The smallest absolute Gasteiger partial charge is 0.226 e. The minimum absolute atomic E-state index is 0.101. The molecule has 0 bridgehead atoms. The van der Waals surface area contributed by atoms with Crippen LogP contribution in [0.1, 0.15) is 53.8 Å². The van der Waals surface area contributed by atoms with Crippen LogP contribution in [0.25, 0.3) is 0 Å². The van der Waals surface area contributed by atoms with Crippen LogP contribution in [0.15, 0.2) is 73.2 Å².